The summed E-state index contributed by atoms with van der Waals surface area (Å²) in [6.07, 6.45) is -4.52. The molecule has 1 aromatic heterocycles. The van der Waals surface area contributed by atoms with Crippen LogP contribution in [0.4, 0.5) is 34.9 Å². The van der Waals surface area contributed by atoms with Crippen molar-refractivity contribution in [2.45, 2.75) is 13.1 Å². The number of benzene rings is 2. The van der Waals surface area contributed by atoms with Crippen molar-refractivity contribution in [3.05, 3.63) is 77.4 Å². The van der Waals surface area contributed by atoms with Gasteiger partial charge < -0.3 is 10.6 Å². The van der Waals surface area contributed by atoms with Gasteiger partial charge in [-0.3, -0.25) is 4.79 Å². The zero-order valence-electron chi connectivity index (χ0n) is 14.5. The number of halogens is 4. The average molecular weight is 390 g/mol. The molecule has 5 nitrogen and oxygen atoms in total. The van der Waals surface area contributed by atoms with Crippen LogP contribution in [0, 0.1) is 12.7 Å². The van der Waals surface area contributed by atoms with Gasteiger partial charge >= 0.3 is 6.18 Å². The standard InChI is InChI=1S/C19H14F4N4O/c1-11-8-16(27-18(24-11)26-15-7-3-5-13(20)10-15)17(28)25-14-6-2-4-12(9-14)19(21,22)23/h2-10H,1H3,(H,25,28)(H,24,26,27). The van der Waals surface area contributed by atoms with Crippen LogP contribution in [0.3, 0.4) is 0 Å². The lowest BCUT2D eigenvalue weighted by molar-refractivity contribution is -0.137. The second-order valence-electron chi connectivity index (χ2n) is 5.89. The first-order chi connectivity index (χ1) is 13.2. The van der Waals surface area contributed by atoms with Crippen molar-refractivity contribution in [2.75, 3.05) is 10.6 Å². The number of hydrogen-bond donors (Lipinski definition) is 2. The van der Waals surface area contributed by atoms with Crippen LogP contribution in [0.5, 0.6) is 0 Å². The summed E-state index contributed by atoms with van der Waals surface area (Å²) in [4.78, 5) is 20.6. The molecule has 0 atom stereocenters. The van der Waals surface area contributed by atoms with Gasteiger partial charge in [-0.2, -0.15) is 13.2 Å². The van der Waals surface area contributed by atoms with Crippen LogP contribution in [0.25, 0.3) is 0 Å². The van der Waals surface area contributed by atoms with Crippen molar-refractivity contribution in [3.8, 4) is 0 Å². The Morgan fingerprint density at radius 1 is 0.964 bits per heavy atom. The number of nitrogens with one attached hydrogen (secondary N) is 2. The second kappa shape index (κ2) is 7.63. The fourth-order valence-electron chi connectivity index (χ4n) is 2.40. The van der Waals surface area contributed by atoms with Crippen molar-refractivity contribution in [2.24, 2.45) is 0 Å². The fraction of sp³-hybridized carbons (Fsp3) is 0.105. The van der Waals surface area contributed by atoms with E-state index < -0.39 is 23.5 Å². The lowest BCUT2D eigenvalue weighted by atomic mass is 10.2. The molecule has 3 aromatic rings. The fourth-order valence-corrected chi connectivity index (χ4v) is 2.40. The molecule has 9 heteroatoms. The molecule has 0 bridgehead atoms. The van der Waals surface area contributed by atoms with Gasteiger partial charge in [-0.05, 0) is 49.4 Å². The normalized spacial score (nSPS) is 11.2. The molecule has 0 saturated carbocycles. The number of alkyl halides is 3. The van der Waals surface area contributed by atoms with E-state index in [1.165, 1.54) is 36.4 Å². The lowest BCUT2D eigenvalue weighted by Crippen LogP contribution is -2.16. The highest BCUT2D eigenvalue weighted by Gasteiger charge is 2.30. The molecule has 1 heterocycles. The number of aromatic nitrogens is 2. The van der Waals surface area contributed by atoms with Gasteiger partial charge in [0, 0.05) is 17.1 Å². The number of aryl methyl sites for hydroxylation is 1. The smallest absolute Gasteiger partial charge is 0.324 e. The Labute approximate surface area is 157 Å². The first kappa shape index (κ1) is 19.3. The molecule has 0 unspecified atom stereocenters. The van der Waals surface area contributed by atoms with E-state index in [1.807, 2.05) is 0 Å². The number of anilines is 3. The van der Waals surface area contributed by atoms with Crippen molar-refractivity contribution >= 4 is 23.2 Å². The molecule has 0 saturated heterocycles. The zero-order chi connectivity index (χ0) is 20.3. The Hall–Kier alpha value is -3.49. The number of amides is 1. The first-order valence-corrected chi connectivity index (χ1v) is 8.07. The Bertz CT molecular complexity index is 1020. The molecule has 0 spiro atoms. The Morgan fingerprint density at radius 3 is 2.39 bits per heavy atom. The maximum absolute atomic E-state index is 13.3. The van der Waals surface area contributed by atoms with E-state index in [0.29, 0.717) is 11.4 Å². The molecule has 2 aromatic carbocycles. The van der Waals surface area contributed by atoms with Crippen LogP contribution in [0.1, 0.15) is 21.7 Å². The van der Waals surface area contributed by atoms with Crippen LogP contribution < -0.4 is 10.6 Å². The SMILES string of the molecule is Cc1cc(C(=O)Nc2cccc(C(F)(F)F)c2)nc(Nc2cccc(F)c2)n1. The van der Waals surface area contributed by atoms with Crippen LogP contribution in [-0.2, 0) is 6.18 Å². The van der Waals surface area contributed by atoms with Gasteiger partial charge in [0.2, 0.25) is 5.95 Å². The zero-order valence-corrected chi connectivity index (χ0v) is 14.5. The third kappa shape index (κ3) is 4.81. The van der Waals surface area contributed by atoms with E-state index in [0.717, 1.165) is 12.1 Å². The molecule has 0 fully saturated rings. The largest absolute Gasteiger partial charge is 0.416 e. The molecule has 144 valence electrons. The van der Waals surface area contributed by atoms with Gasteiger partial charge in [0.05, 0.1) is 5.56 Å². The summed E-state index contributed by atoms with van der Waals surface area (Å²) < 4.78 is 51.7. The molecule has 2 N–H and O–H groups in total. The van der Waals surface area contributed by atoms with Gasteiger partial charge in [-0.1, -0.05) is 12.1 Å². The summed E-state index contributed by atoms with van der Waals surface area (Å²) in [6.45, 7) is 1.62. The average Bonchev–Trinajstić information content (AvgIpc) is 2.61. The molecule has 28 heavy (non-hydrogen) atoms. The van der Waals surface area contributed by atoms with Crippen LogP contribution in [-0.4, -0.2) is 15.9 Å². The maximum Gasteiger partial charge on any atom is 0.416 e. The lowest BCUT2D eigenvalue weighted by Gasteiger charge is -2.11. The van der Waals surface area contributed by atoms with Crippen molar-refractivity contribution in [3.63, 3.8) is 0 Å². The van der Waals surface area contributed by atoms with Gasteiger partial charge in [0.15, 0.2) is 0 Å². The molecule has 3 rings (SSSR count). The van der Waals surface area contributed by atoms with E-state index in [1.54, 1.807) is 13.0 Å². The summed E-state index contributed by atoms with van der Waals surface area (Å²) in [5.41, 5.74) is -0.116. The Kier molecular flexibility index (Phi) is 5.25. The number of carbonyl (C=O) groups is 1. The van der Waals surface area contributed by atoms with E-state index in [9.17, 15) is 22.4 Å². The maximum atomic E-state index is 13.3. The van der Waals surface area contributed by atoms with Crippen molar-refractivity contribution < 1.29 is 22.4 Å². The van der Waals surface area contributed by atoms with Crippen molar-refractivity contribution in [1.29, 1.82) is 0 Å². The van der Waals surface area contributed by atoms with E-state index >= 15 is 0 Å². The van der Waals surface area contributed by atoms with Crippen LogP contribution in [0.15, 0.2) is 54.6 Å². The number of rotatable bonds is 4. The Balaban J connectivity index is 1.81. The molecule has 0 aliphatic rings. The van der Waals surface area contributed by atoms with E-state index in [2.05, 4.69) is 20.6 Å². The topological polar surface area (TPSA) is 66.9 Å². The number of nitrogens with zero attached hydrogens (tertiary/aromatic N) is 2. The highest BCUT2D eigenvalue weighted by atomic mass is 19.4. The highest BCUT2D eigenvalue weighted by Crippen LogP contribution is 2.30. The summed E-state index contributed by atoms with van der Waals surface area (Å²) in [5.74, 6) is -1.10. The monoisotopic (exact) mass is 390 g/mol. The number of hydrogen-bond acceptors (Lipinski definition) is 4. The van der Waals surface area contributed by atoms with E-state index in [4.69, 9.17) is 0 Å². The van der Waals surface area contributed by atoms with Crippen molar-refractivity contribution in [1.82, 2.24) is 9.97 Å². The minimum absolute atomic E-state index is 0.0178. The minimum Gasteiger partial charge on any atom is -0.324 e. The molecule has 0 aliphatic carbocycles. The van der Waals surface area contributed by atoms with Crippen LogP contribution in [0.2, 0.25) is 0 Å². The quantitative estimate of drug-likeness (QED) is 0.620. The molecule has 1 amide bonds. The molecule has 0 radical (unpaired) electrons. The third-order valence-electron chi connectivity index (χ3n) is 3.62. The second-order valence-corrected chi connectivity index (χ2v) is 5.89. The molecule has 0 aliphatic heterocycles. The summed E-state index contributed by atoms with van der Waals surface area (Å²) in [7, 11) is 0. The third-order valence-corrected chi connectivity index (χ3v) is 3.62. The first-order valence-electron chi connectivity index (χ1n) is 8.07. The molecular formula is C19H14F4N4O. The van der Waals surface area contributed by atoms with Gasteiger partial charge in [0.25, 0.3) is 5.91 Å². The highest BCUT2D eigenvalue weighted by molar-refractivity contribution is 6.03. The predicted molar refractivity (Wildman–Crippen MR) is 95.8 cm³/mol. The van der Waals surface area contributed by atoms with Gasteiger partial charge in [-0.15, -0.1) is 0 Å². The summed E-state index contributed by atoms with van der Waals surface area (Å²) in [5, 5.41) is 5.16. The predicted octanol–water partition coefficient (Wildman–Crippen LogP) is 4.94. The van der Waals surface area contributed by atoms with Gasteiger partial charge in [-0.25, -0.2) is 14.4 Å². The Morgan fingerprint density at radius 2 is 1.68 bits per heavy atom. The van der Waals surface area contributed by atoms with E-state index in [-0.39, 0.29) is 17.3 Å². The van der Waals surface area contributed by atoms with Crippen LogP contribution >= 0.6 is 0 Å². The summed E-state index contributed by atoms with van der Waals surface area (Å²) >= 11 is 0. The summed E-state index contributed by atoms with van der Waals surface area (Å²) in [6, 6.07) is 11.3. The molecular weight excluding hydrogens is 376 g/mol. The minimum atomic E-state index is -4.52. The number of carbonyl (C=O) groups excluding carboxylic acids is 1. The van der Waals surface area contributed by atoms with Gasteiger partial charge in [0.1, 0.15) is 11.5 Å².